The SMILES string of the molecule is CC(C)c1nc(-c2cccc(F)c2)ncc1N1CCC(N)CC1. The molecule has 0 unspecified atom stereocenters. The van der Waals surface area contributed by atoms with E-state index in [4.69, 9.17) is 10.7 Å². The molecule has 2 heterocycles. The van der Waals surface area contributed by atoms with E-state index in [2.05, 4.69) is 23.7 Å². The summed E-state index contributed by atoms with van der Waals surface area (Å²) in [5, 5.41) is 0. The maximum Gasteiger partial charge on any atom is 0.159 e. The lowest BCUT2D eigenvalue weighted by Gasteiger charge is -2.33. The predicted octanol–water partition coefficient (Wildman–Crippen LogP) is 3.33. The minimum Gasteiger partial charge on any atom is -0.369 e. The molecule has 23 heavy (non-hydrogen) atoms. The maximum absolute atomic E-state index is 13.4. The second-order valence-corrected chi connectivity index (χ2v) is 6.45. The van der Waals surface area contributed by atoms with Crippen LogP contribution in [0.4, 0.5) is 10.1 Å². The summed E-state index contributed by atoms with van der Waals surface area (Å²) < 4.78 is 13.4. The topological polar surface area (TPSA) is 55.0 Å². The second-order valence-electron chi connectivity index (χ2n) is 6.45. The Hall–Kier alpha value is -2.01. The van der Waals surface area contributed by atoms with Crippen molar-refractivity contribution < 1.29 is 4.39 Å². The molecular weight excluding hydrogens is 291 g/mol. The van der Waals surface area contributed by atoms with E-state index in [1.807, 2.05) is 12.3 Å². The van der Waals surface area contributed by atoms with Crippen molar-refractivity contribution in [3.05, 3.63) is 42.0 Å². The van der Waals surface area contributed by atoms with Crippen molar-refractivity contribution >= 4 is 5.69 Å². The van der Waals surface area contributed by atoms with E-state index in [9.17, 15) is 4.39 Å². The highest BCUT2D eigenvalue weighted by Gasteiger charge is 2.21. The Morgan fingerprint density at radius 1 is 1.26 bits per heavy atom. The molecule has 1 fully saturated rings. The summed E-state index contributed by atoms with van der Waals surface area (Å²) in [6, 6.07) is 6.71. The van der Waals surface area contributed by atoms with E-state index in [0.29, 0.717) is 17.4 Å². The Labute approximate surface area is 136 Å². The number of aromatic nitrogens is 2. The van der Waals surface area contributed by atoms with Crippen molar-refractivity contribution in [3.63, 3.8) is 0 Å². The zero-order valence-corrected chi connectivity index (χ0v) is 13.7. The number of halogens is 1. The molecule has 122 valence electrons. The standard InChI is InChI=1S/C18H23FN4/c1-12(2)17-16(23-8-6-15(20)7-9-23)11-21-18(22-17)13-4-3-5-14(19)10-13/h3-5,10-12,15H,6-9,20H2,1-2H3. The first-order chi connectivity index (χ1) is 11.0. The monoisotopic (exact) mass is 314 g/mol. The van der Waals surface area contributed by atoms with Gasteiger partial charge >= 0.3 is 0 Å². The number of piperidine rings is 1. The van der Waals surface area contributed by atoms with E-state index in [1.54, 1.807) is 6.07 Å². The number of nitrogens with two attached hydrogens (primary N) is 1. The molecule has 1 saturated heterocycles. The van der Waals surface area contributed by atoms with E-state index < -0.39 is 0 Å². The molecule has 1 aromatic heterocycles. The van der Waals surface area contributed by atoms with Crippen LogP contribution in [0.25, 0.3) is 11.4 Å². The largest absolute Gasteiger partial charge is 0.369 e. The molecule has 0 aliphatic carbocycles. The molecule has 2 aromatic rings. The molecule has 0 radical (unpaired) electrons. The summed E-state index contributed by atoms with van der Waals surface area (Å²) in [5.74, 6) is 0.577. The zero-order chi connectivity index (χ0) is 16.4. The number of hydrogen-bond donors (Lipinski definition) is 1. The molecule has 0 amide bonds. The van der Waals surface area contributed by atoms with Crippen molar-refractivity contribution in [2.45, 2.75) is 38.6 Å². The first kappa shape index (κ1) is 15.9. The van der Waals surface area contributed by atoms with Gasteiger partial charge in [-0.1, -0.05) is 26.0 Å². The van der Waals surface area contributed by atoms with Gasteiger partial charge in [0, 0.05) is 24.7 Å². The third kappa shape index (κ3) is 3.50. The Balaban J connectivity index is 1.96. The highest BCUT2D eigenvalue weighted by Crippen LogP contribution is 2.29. The van der Waals surface area contributed by atoms with Crippen LogP contribution in [0.3, 0.4) is 0 Å². The van der Waals surface area contributed by atoms with Gasteiger partial charge in [-0.2, -0.15) is 0 Å². The Bertz CT molecular complexity index is 678. The molecular formula is C18H23FN4. The van der Waals surface area contributed by atoms with Crippen LogP contribution in [-0.2, 0) is 0 Å². The number of hydrogen-bond acceptors (Lipinski definition) is 4. The fourth-order valence-corrected chi connectivity index (χ4v) is 2.96. The molecule has 0 spiro atoms. The lowest BCUT2D eigenvalue weighted by atomic mass is 10.0. The van der Waals surface area contributed by atoms with Crippen LogP contribution in [0.1, 0.15) is 38.3 Å². The molecule has 0 atom stereocenters. The quantitative estimate of drug-likeness (QED) is 0.944. The maximum atomic E-state index is 13.4. The van der Waals surface area contributed by atoms with Crippen LogP contribution in [0.15, 0.2) is 30.5 Å². The number of nitrogens with zero attached hydrogens (tertiary/aromatic N) is 3. The predicted molar refractivity (Wildman–Crippen MR) is 90.9 cm³/mol. The van der Waals surface area contributed by atoms with Crippen LogP contribution in [0.2, 0.25) is 0 Å². The van der Waals surface area contributed by atoms with Crippen LogP contribution in [0, 0.1) is 5.82 Å². The van der Waals surface area contributed by atoms with Crippen LogP contribution < -0.4 is 10.6 Å². The minimum absolute atomic E-state index is 0.272. The Morgan fingerprint density at radius 3 is 2.65 bits per heavy atom. The second kappa shape index (κ2) is 6.62. The average molecular weight is 314 g/mol. The highest BCUT2D eigenvalue weighted by molar-refractivity contribution is 5.59. The van der Waals surface area contributed by atoms with Gasteiger partial charge in [0.05, 0.1) is 17.6 Å². The molecule has 0 bridgehead atoms. The lowest BCUT2D eigenvalue weighted by molar-refractivity contribution is 0.499. The van der Waals surface area contributed by atoms with Crippen molar-refractivity contribution in [2.24, 2.45) is 5.73 Å². The van der Waals surface area contributed by atoms with Crippen LogP contribution in [-0.4, -0.2) is 29.1 Å². The van der Waals surface area contributed by atoms with Gasteiger partial charge in [-0.3, -0.25) is 0 Å². The van der Waals surface area contributed by atoms with Gasteiger partial charge in [0.2, 0.25) is 0 Å². The molecule has 2 N–H and O–H groups in total. The fraction of sp³-hybridized carbons (Fsp3) is 0.444. The van der Waals surface area contributed by atoms with Gasteiger partial charge in [0.25, 0.3) is 0 Å². The molecule has 1 aliphatic rings. The molecule has 5 heteroatoms. The third-order valence-corrected chi connectivity index (χ3v) is 4.31. The summed E-state index contributed by atoms with van der Waals surface area (Å²) in [6.45, 7) is 6.11. The lowest BCUT2D eigenvalue weighted by Crippen LogP contribution is -2.40. The summed E-state index contributed by atoms with van der Waals surface area (Å²) in [7, 11) is 0. The Kier molecular flexibility index (Phi) is 4.57. The van der Waals surface area contributed by atoms with Crippen LogP contribution in [0.5, 0.6) is 0 Å². The zero-order valence-electron chi connectivity index (χ0n) is 13.7. The van der Waals surface area contributed by atoms with Gasteiger partial charge in [-0.05, 0) is 30.9 Å². The van der Waals surface area contributed by atoms with E-state index in [-0.39, 0.29) is 11.7 Å². The normalized spacial score (nSPS) is 16.1. The average Bonchev–Trinajstić information content (AvgIpc) is 2.55. The third-order valence-electron chi connectivity index (χ3n) is 4.31. The van der Waals surface area contributed by atoms with Gasteiger partial charge in [0.15, 0.2) is 5.82 Å². The van der Waals surface area contributed by atoms with Gasteiger partial charge in [0.1, 0.15) is 5.82 Å². The number of anilines is 1. The van der Waals surface area contributed by atoms with Crippen molar-refractivity contribution in [1.29, 1.82) is 0 Å². The fourth-order valence-electron chi connectivity index (χ4n) is 2.96. The molecule has 4 nitrogen and oxygen atoms in total. The van der Waals surface area contributed by atoms with Gasteiger partial charge in [-0.15, -0.1) is 0 Å². The number of benzene rings is 1. The van der Waals surface area contributed by atoms with E-state index in [1.165, 1.54) is 12.1 Å². The van der Waals surface area contributed by atoms with Crippen LogP contribution >= 0.6 is 0 Å². The first-order valence-corrected chi connectivity index (χ1v) is 8.18. The van der Waals surface area contributed by atoms with Crippen molar-refractivity contribution in [3.8, 4) is 11.4 Å². The highest BCUT2D eigenvalue weighted by atomic mass is 19.1. The van der Waals surface area contributed by atoms with Gasteiger partial charge < -0.3 is 10.6 Å². The molecule has 1 aliphatic heterocycles. The summed E-state index contributed by atoms with van der Waals surface area (Å²) >= 11 is 0. The molecule has 3 rings (SSSR count). The molecule has 0 saturated carbocycles. The number of rotatable bonds is 3. The van der Waals surface area contributed by atoms with E-state index in [0.717, 1.165) is 37.3 Å². The smallest absolute Gasteiger partial charge is 0.159 e. The van der Waals surface area contributed by atoms with Gasteiger partial charge in [-0.25, -0.2) is 14.4 Å². The van der Waals surface area contributed by atoms with E-state index >= 15 is 0 Å². The summed E-state index contributed by atoms with van der Waals surface area (Å²) in [5.41, 5.74) is 8.79. The van der Waals surface area contributed by atoms with Crippen molar-refractivity contribution in [2.75, 3.05) is 18.0 Å². The Morgan fingerprint density at radius 2 is 2.00 bits per heavy atom. The summed E-state index contributed by atoms with van der Waals surface area (Å²) in [4.78, 5) is 11.5. The minimum atomic E-state index is -0.272. The summed E-state index contributed by atoms with van der Waals surface area (Å²) in [6.07, 6.45) is 3.85. The molecule has 1 aromatic carbocycles. The first-order valence-electron chi connectivity index (χ1n) is 8.18. The van der Waals surface area contributed by atoms with Crippen molar-refractivity contribution in [1.82, 2.24) is 9.97 Å².